The summed E-state index contributed by atoms with van der Waals surface area (Å²) in [6.07, 6.45) is 5.54. The lowest BCUT2D eigenvalue weighted by Crippen LogP contribution is -2.26. The van der Waals surface area contributed by atoms with E-state index in [-0.39, 0.29) is 0 Å². The molecule has 1 saturated heterocycles. The van der Waals surface area contributed by atoms with Crippen LogP contribution in [-0.2, 0) is 0 Å². The number of hydrogen-bond acceptors (Lipinski definition) is 3. The van der Waals surface area contributed by atoms with E-state index in [4.69, 9.17) is 5.73 Å². The number of hydrogen-bond donors (Lipinski definition) is 1. The van der Waals surface area contributed by atoms with E-state index in [1.54, 1.807) is 6.20 Å². The second-order valence-electron chi connectivity index (χ2n) is 5.96. The standard InChI is InChI=1S/C17H23N3/c1-3-17(4-2)9-10-20(12-17)16-13-7-5-6-8-15(13)19-11-14(16)18/h5-8,11H,3-4,9-10,12,18H2,1-2H3. The van der Waals surface area contributed by atoms with Gasteiger partial charge in [0, 0.05) is 18.5 Å². The average Bonchev–Trinajstić information content (AvgIpc) is 2.92. The number of fused-ring (bicyclic) bond motifs is 1. The van der Waals surface area contributed by atoms with Crippen molar-refractivity contribution in [1.82, 2.24) is 4.98 Å². The van der Waals surface area contributed by atoms with Gasteiger partial charge in [-0.25, -0.2) is 0 Å². The molecule has 0 aliphatic carbocycles. The van der Waals surface area contributed by atoms with E-state index in [0.29, 0.717) is 5.41 Å². The summed E-state index contributed by atoms with van der Waals surface area (Å²) in [4.78, 5) is 6.90. The molecular formula is C17H23N3. The molecule has 1 aliphatic rings. The molecule has 0 spiro atoms. The maximum Gasteiger partial charge on any atom is 0.0745 e. The largest absolute Gasteiger partial charge is 0.396 e. The van der Waals surface area contributed by atoms with Crippen molar-refractivity contribution in [2.45, 2.75) is 33.1 Å². The zero-order valence-corrected chi connectivity index (χ0v) is 12.4. The van der Waals surface area contributed by atoms with Crippen LogP contribution in [0.4, 0.5) is 11.4 Å². The van der Waals surface area contributed by atoms with Gasteiger partial charge in [-0.05, 0) is 30.7 Å². The fraction of sp³-hybridized carbons (Fsp3) is 0.471. The number of nitrogens with zero attached hydrogens (tertiary/aromatic N) is 2. The SMILES string of the molecule is CCC1(CC)CCN(c2c(N)cnc3ccccc23)C1. The van der Waals surface area contributed by atoms with E-state index < -0.39 is 0 Å². The maximum absolute atomic E-state index is 6.23. The van der Waals surface area contributed by atoms with Gasteiger partial charge in [0.15, 0.2) is 0 Å². The van der Waals surface area contributed by atoms with Crippen LogP contribution in [0.2, 0.25) is 0 Å². The molecule has 2 heterocycles. The number of benzene rings is 1. The van der Waals surface area contributed by atoms with E-state index in [9.17, 15) is 0 Å². The fourth-order valence-corrected chi connectivity index (χ4v) is 3.45. The van der Waals surface area contributed by atoms with Gasteiger partial charge in [-0.1, -0.05) is 32.0 Å². The van der Waals surface area contributed by atoms with E-state index in [2.05, 4.69) is 41.9 Å². The minimum absolute atomic E-state index is 0.455. The first kappa shape index (κ1) is 13.2. The number of para-hydroxylation sites is 1. The van der Waals surface area contributed by atoms with Crippen LogP contribution < -0.4 is 10.6 Å². The molecular weight excluding hydrogens is 246 g/mol. The molecule has 0 radical (unpaired) electrons. The lowest BCUT2D eigenvalue weighted by atomic mass is 9.82. The van der Waals surface area contributed by atoms with E-state index in [0.717, 1.165) is 24.3 Å². The summed E-state index contributed by atoms with van der Waals surface area (Å²) in [6, 6.07) is 8.28. The molecule has 2 aromatic rings. The summed E-state index contributed by atoms with van der Waals surface area (Å²) in [6.45, 7) is 6.82. The van der Waals surface area contributed by atoms with Crippen molar-refractivity contribution in [2.75, 3.05) is 23.7 Å². The molecule has 0 atom stereocenters. The molecule has 3 rings (SSSR count). The Labute approximate surface area is 120 Å². The predicted molar refractivity (Wildman–Crippen MR) is 86.0 cm³/mol. The number of pyridine rings is 1. The van der Waals surface area contributed by atoms with Gasteiger partial charge in [0.25, 0.3) is 0 Å². The molecule has 106 valence electrons. The molecule has 0 amide bonds. The van der Waals surface area contributed by atoms with Crippen LogP contribution in [0.5, 0.6) is 0 Å². The highest BCUT2D eigenvalue weighted by Crippen LogP contribution is 2.42. The molecule has 3 nitrogen and oxygen atoms in total. The first-order chi connectivity index (χ1) is 9.69. The molecule has 0 saturated carbocycles. The summed E-state index contributed by atoms with van der Waals surface area (Å²) in [5, 5.41) is 1.18. The minimum Gasteiger partial charge on any atom is -0.396 e. The third-order valence-corrected chi connectivity index (χ3v) is 5.03. The van der Waals surface area contributed by atoms with Crippen LogP contribution in [0.3, 0.4) is 0 Å². The molecule has 1 aliphatic heterocycles. The van der Waals surface area contributed by atoms with Crippen molar-refractivity contribution in [3.63, 3.8) is 0 Å². The molecule has 1 aromatic heterocycles. The van der Waals surface area contributed by atoms with Crippen LogP contribution in [0.25, 0.3) is 10.9 Å². The first-order valence-corrected chi connectivity index (χ1v) is 7.57. The highest BCUT2D eigenvalue weighted by Gasteiger charge is 2.36. The van der Waals surface area contributed by atoms with Gasteiger partial charge in [-0.15, -0.1) is 0 Å². The highest BCUT2D eigenvalue weighted by molar-refractivity contribution is 5.97. The lowest BCUT2D eigenvalue weighted by molar-refractivity contribution is 0.301. The monoisotopic (exact) mass is 269 g/mol. The Morgan fingerprint density at radius 3 is 2.70 bits per heavy atom. The fourth-order valence-electron chi connectivity index (χ4n) is 3.45. The number of rotatable bonds is 3. The summed E-state index contributed by atoms with van der Waals surface area (Å²) in [5.74, 6) is 0. The van der Waals surface area contributed by atoms with Crippen LogP contribution in [0.15, 0.2) is 30.5 Å². The highest BCUT2D eigenvalue weighted by atomic mass is 15.2. The van der Waals surface area contributed by atoms with Gasteiger partial charge >= 0.3 is 0 Å². The van der Waals surface area contributed by atoms with Gasteiger partial charge in [0.1, 0.15) is 0 Å². The van der Waals surface area contributed by atoms with Crippen molar-refractivity contribution in [2.24, 2.45) is 5.41 Å². The summed E-state index contributed by atoms with van der Waals surface area (Å²) in [5.41, 5.74) is 9.70. The summed E-state index contributed by atoms with van der Waals surface area (Å²) in [7, 11) is 0. The van der Waals surface area contributed by atoms with Gasteiger partial charge in [-0.2, -0.15) is 0 Å². The second kappa shape index (κ2) is 4.97. The average molecular weight is 269 g/mol. The van der Waals surface area contributed by atoms with Crippen molar-refractivity contribution in [1.29, 1.82) is 0 Å². The molecule has 2 N–H and O–H groups in total. The molecule has 1 aromatic carbocycles. The molecule has 0 unspecified atom stereocenters. The predicted octanol–water partition coefficient (Wildman–Crippen LogP) is 3.83. The Morgan fingerprint density at radius 2 is 2.00 bits per heavy atom. The van der Waals surface area contributed by atoms with Gasteiger partial charge in [0.05, 0.1) is 23.1 Å². The quantitative estimate of drug-likeness (QED) is 0.920. The van der Waals surface area contributed by atoms with E-state index in [1.807, 2.05) is 6.07 Å². The Morgan fingerprint density at radius 1 is 1.25 bits per heavy atom. The Bertz CT molecular complexity index is 617. The van der Waals surface area contributed by atoms with Crippen LogP contribution in [0, 0.1) is 5.41 Å². The Balaban J connectivity index is 2.05. The van der Waals surface area contributed by atoms with Crippen LogP contribution >= 0.6 is 0 Å². The zero-order chi connectivity index (χ0) is 14.2. The zero-order valence-electron chi connectivity index (χ0n) is 12.4. The first-order valence-electron chi connectivity index (χ1n) is 7.57. The molecule has 0 bridgehead atoms. The van der Waals surface area contributed by atoms with Gasteiger partial charge < -0.3 is 10.6 Å². The molecule has 20 heavy (non-hydrogen) atoms. The molecule has 1 fully saturated rings. The number of nitrogen functional groups attached to an aromatic ring is 1. The molecule has 3 heteroatoms. The number of nitrogens with two attached hydrogens (primary N) is 1. The minimum atomic E-state index is 0.455. The van der Waals surface area contributed by atoms with E-state index >= 15 is 0 Å². The Kier molecular flexibility index (Phi) is 3.28. The normalized spacial score (nSPS) is 17.8. The lowest BCUT2D eigenvalue weighted by Gasteiger charge is -2.28. The second-order valence-corrected chi connectivity index (χ2v) is 5.96. The van der Waals surface area contributed by atoms with Gasteiger partial charge in [0.2, 0.25) is 0 Å². The van der Waals surface area contributed by atoms with Crippen molar-refractivity contribution in [3.8, 4) is 0 Å². The number of aromatic nitrogens is 1. The maximum atomic E-state index is 6.23. The van der Waals surface area contributed by atoms with E-state index in [1.165, 1.54) is 30.3 Å². The smallest absolute Gasteiger partial charge is 0.0745 e. The topological polar surface area (TPSA) is 42.1 Å². The Hall–Kier alpha value is -1.77. The van der Waals surface area contributed by atoms with Gasteiger partial charge in [-0.3, -0.25) is 4.98 Å². The van der Waals surface area contributed by atoms with Crippen LogP contribution in [-0.4, -0.2) is 18.1 Å². The van der Waals surface area contributed by atoms with Crippen molar-refractivity contribution < 1.29 is 0 Å². The van der Waals surface area contributed by atoms with Crippen LogP contribution in [0.1, 0.15) is 33.1 Å². The number of anilines is 2. The summed E-state index contributed by atoms with van der Waals surface area (Å²) < 4.78 is 0. The summed E-state index contributed by atoms with van der Waals surface area (Å²) >= 11 is 0. The van der Waals surface area contributed by atoms with Crippen molar-refractivity contribution in [3.05, 3.63) is 30.5 Å². The third kappa shape index (κ3) is 2.01. The van der Waals surface area contributed by atoms with Crippen molar-refractivity contribution >= 4 is 22.3 Å². The third-order valence-electron chi connectivity index (χ3n) is 5.03.